The Kier molecular flexibility index (Phi) is 8.70. The van der Waals surface area contributed by atoms with Gasteiger partial charge in [0, 0.05) is 41.5 Å². The maximum absolute atomic E-state index is 13.4. The lowest BCUT2D eigenvalue weighted by Crippen LogP contribution is -2.32. The first-order chi connectivity index (χ1) is 22.4. The highest BCUT2D eigenvalue weighted by Gasteiger charge is 2.22. The lowest BCUT2D eigenvalue weighted by Gasteiger charge is -2.19. The summed E-state index contributed by atoms with van der Waals surface area (Å²) in [7, 11) is 1.77. The van der Waals surface area contributed by atoms with Crippen LogP contribution in [0.4, 0.5) is 11.4 Å². The van der Waals surface area contributed by atoms with Gasteiger partial charge in [-0.2, -0.15) is 0 Å². The number of aliphatic carboxylic acids is 1. The second-order valence-electron chi connectivity index (χ2n) is 11.2. The van der Waals surface area contributed by atoms with E-state index in [1.54, 1.807) is 60.5 Å². The molecule has 46 heavy (non-hydrogen) atoms. The van der Waals surface area contributed by atoms with Crippen LogP contribution in [0, 0.1) is 0 Å². The van der Waals surface area contributed by atoms with Gasteiger partial charge in [0.2, 0.25) is 0 Å². The van der Waals surface area contributed by atoms with Crippen molar-refractivity contribution in [2.75, 3.05) is 17.3 Å². The number of anilines is 2. The molecule has 0 saturated carbocycles. The van der Waals surface area contributed by atoms with Gasteiger partial charge < -0.3 is 15.3 Å². The predicted octanol–water partition coefficient (Wildman–Crippen LogP) is 8.12. The number of carbonyl (C=O) groups excluding carboxylic acids is 2. The lowest BCUT2D eigenvalue weighted by atomic mass is 9.98. The van der Waals surface area contributed by atoms with E-state index in [0.29, 0.717) is 22.4 Å². The Labute approximate surface area is 267 Å². The summed E-state index contributed by atoms with van der Waals surface area (Å²) < 4.78 is 0. The molecule has 0 aliphatic heterocycles. The fourth-order valence-corrected chi connectivity index (χ4v) is 5.54. The first-order valence-electron chi connectivity index (χ1n) is 15.0. The third-order valence-corrected chi connectivity index (χ3v) is 8.10. The molecule has 0 bridgehead atoms. The first kappa shape index (κ1) is 30.0. The average molecular weight is 605 g/mol. The maximum Gasteiger partial charge on any atom is 0.326 e. The fraction of sp³-hybridized carbons (Fsp3) is 0.0750. The number of hydrogen-bond donors (Lipinski definition) is 2. The van der Waals surface area contributed by atoms with Crippen LogP contribution in [0.2, 0.25) is 0 Å². The van der Waals surface area contributed by atoms with Crippen LogP contribution in [0.5, 0.6) is 0 Å². The molecule has 0 radical (unpaired) electrons. The largest absolute Gasteiger partial charge is 0.480 e. The number of nitrogens with one attached hydrogen (secondary N) is 1. The molecule has 0 fully saturated rings. The predicted molar refractivity (Wildman–Crippen MR) is 184 cm³/mol. The van der Waals surface area contributed by atoms with Crippen LogP contribution in [0.3, 0.4) is 0 Å². The van der Waals surface area contributed by atoms with Crippen LogP contribution in [-0.4, -0.2) is 35.9 Å². The van der Waals surface area contributed by atoms with Crippen molar-refractivity contribution in [1.82, 2.24) is 0 Å². The number of nitrogens with zero attached hydrogens (tertiary/aromatic N) is 1. The monoisotopic (exact) mass is 604 g/mol. The molecule has 0 spiro atoms. The number of carboxylic acids is 1. The number of para-hydroxylation sites is 1. The molecule has 6 nitrogen and oxygen atoms in total. The molecule has 6 aromatic rings. The molecule has 1 unspecified atom stereocenters. The van der Waals surface area contributed by atoms with Gasteiger partial charge in [0.25, 0.3) is 5.91 Å². The van der Waals surface area contributed by atoms with Crippen LogP contribution in [-0.2, 0) is 11.2 Å². The summed E-state index contributed by atoms with van der Waals surface area (Å²) in [6.07, 6.45) is 0.215. The van der Waals surface area contributed by atoms with Gasteiger partial charge in [-0.05, 0) is 63.9 Å². The zero-order valence-corrected chi connectivity index (χ0v) is 25.3. The van der Waals surface area contributed by atoms with Gasteiger partial charge in [-0.15, -0.1) is 0 Å². The standard InChI is InChI=1S/C40H32N2O4/c1-42(39(44)33-23-22-28-10-5-6-13-31(28)25-33)34-15-9-14-32(26-34)29-20-18-27(19-21-29)24-37(40(45)46)41-36-17-8-7-16-35(36)38(43)30-11-3-2-4-12-30/h2-23,25-26,37,41H,24H2,1H3,(H,45,46). The second kappa shape index (κ2) is 13.3. The summed E-state index contributed by atoms with van der Waals surface area (Å²) in [6.45, 7) is 0. The van der Waals surface area contributed by atoms with Crippen LogP contribution in [0.25, 0.3) is 21.9 Å². The zero-order chi connectivity index (χ0) is 32.0. The molecule has 6 heteroatoms. The van der Waals surface area contributed by atoms with Crippen molar-refractivity contribution < 1.29 is 19.5 Å². The Hall–Kier alpha value is -6.01. The van der Waals surface area contributed by atoms with E-state index in [1.807, 2.05) is 97.1 Å². The summed E-state index contributed by atoms with van der Waals surface area (Å²) in [5.74, 6) is -1.29. The third-order valence-electron chi connectivity index (χ3n) is 8.10. The molecule has 0 heterocycles. The van der Waals surface area contributed by atoms with Crippen molar-refractivity contribution in [3.05, 3.63) is 168 Å². The van der Waals surface area contributed by atoms with Gasteiger partial charge in [-0.3, -0.25) is 9.59 Å². The summed E-state index contributed by atoms with van der Waals surface area (Å²) in [5, 5.41) is 15.2. The number of carboxylic acid groups (broad SMARTS) is 1. The number of amides is 1. The fourth-order valence-electron chi connectivity index (χ4n) is 5.54. The minimum atomic E-state index is -1.02. The molecule has 6 rings (SSSR count). The molecule has 0 aromatic heterocycles. The van der Waals surface area contributed by atoms with Crippen molar-refractivity contribution >= 4 is 39.8 Å². The quantitative estimate of drug-likeness (QED) is 0.154. The molecule has 1 atom stereocenters. The van der Waals surface area contributed by atoms with E-state index in [1.165, 1.54) is 0 Å². The van der Waals surface area contributed by atoms with Crippen LogP contribution < -0.4 is 10.2 Å². The third kappa shape index (κ3) is 6.56. The van der Waals surface area contributed by atoms with E-state index < -0.39 is 12.0 Å². The van der Waals surface area contributed by atoms with E-state index in [2.05, 4.69) is 5.32 Å². The molecule has 0 aliphatic carbocycles. The first-order valence-corrected chi connectivity index (χ1v) is 15.0. The average Bonchev–Trinajstić information content (AvgIpc) is 3.11. The molecule has 0 saturated heterocycles. The van der Waals surface area contributed by atoms with Crippen molar-refractivity contribution in [1.29, 1.82) is 0 Å². The summed E-state index contributed by atoms with van der Waals surface area (Å²) in [5.41, 5.74) is 5.50. The molecule has 2 N–H and O–H groups in total. The van der Waals surface area contributed by atoms with Crippen LogP contribution >= 0.6 is 0 Å². The van der Waals surface area contributed by atoms with Crippen molar-refractivity contribution in [3.63, 3.8) is 0 Å². The normalized spacial score (nSPS) is 11.5. The topological polar surface area (TPSA) is 86.7 Å². The van der Waals surface area contributed by atoms with Gasteiger partial charge in [0.1, 0.15) is 6.04 Å². The summed E-state index contributed by atoms with van der Waals surface area (Å²) >= 11 is 0. The highest BCUT2D eigenvalue weighted by atomic mass is 16.4. The minimum absolute atomic E-state index is 0.0995. The van der Waals surface area contributed by atoms with E-state index in [9.17, 15) is 19.5 Å². The summed E-state index contributed by atoms with van der Waals surface area (Å²) in [6, 6.07) is 44.1. The molecule has 1 amide bonds. The van der Waals surface area contributed by atoms with Gasteiger partial charge in [-0.1, -0.05) is 109 Å². The highest BCUT2D eigenvalue weighted by molar-refractivity contribution is 6.12. The van der Waals surface area contributed by atoms with E-state index in [4.69, 9.17) is 0 Å². The Balaban J connectivity index is 1.17. The van der Waals surface area contributed by atoms with E-state index in [0.717, 1.165) is 33.2 Å². The van der Waals surface area contributed by atoms with Gasteiger partial charge in [0.15, 0.2) is 5.78 Å². The summed E-state index contributed by atoms with van der Waals surface area (Å²) in [4.78, 5) is 40.5. The van der Waals surface area contributed by atoms with Gasteiger partial charge in [0.05, 0.1) is 0 Å². The smallest absolute Gasteiger partial charge is 0.326 e. The molecule has 226 valence electrons. The van der Waals surface area contributed by atoms with Crippen molar-refractivity contribution in [3.8, 4) is 11.1 Å². The molecular formula is C40H32N2O4. The zero-order valence-electron chi connectivity index (χ0n) is 25.3. The number of hydrogen-bond acceptors (Lipinski definition) is 4. The number of ketones is 1. The van der Waals surface area contributed by atoms with Crippen molar-refractivity contribution in [2.24, 2.45) is 0 Å². The number of fused-ring (bicyclic) bond motifs is 1. The van der Waals surface area contributed by atoms with Crippen molar-refractivity contribution in [2.45, 2.75) is 12.5 Å². The highest BCUT2D eigenvalue weighted by Crippen LogP contribution is 2.27. The minimum Gasteiger partial charge on any atom is -0.480 e. The van der Waals surface area contributed by atoms with Gasteiger partial charge >= 0.3 is 5.97 Å². The van der Waals surface area contributed by atoms with Crippen LogP contribution in [0.15, 0.2) is 146 Å². The Morgan fingerprint density at radius 2 is 1.35 bits per heavy atom. The molecule has 6 aromatic carbocycles. The maximum atomic E-state index is 13.4. The number of rotatable bonds is 10. The Morgan fingerprint density at radius 1 is 0.652 bits per heavy atom. The molecular weight excluding hydrogens is 572 g/mol. The number of carbonyl (C=O) groups is 3. The van der Waals surface area contributed by atoms with Crippen LogP contribution in [0.1, 0.15) is 31.8 Å². The lowest BCUT2D eigenvalue weighted by molar-refractivity contribution is -0.137. The SMILES string of the molecule is CN(C(=O)c1ccc2ccccc2c1)c1cccc(-c2ccc(CC(Nc3ccccc3C(=O)c3ccccc3)C(=O)O)cc2)c1. The Bertz CT molecular complexity index is 2040. The second-order valence-corrected chi connectivity index (χ2v) is 11.2. The molecule has 0 aliphatic rings. The number of benzene rings is 6. The Morgan fingerprint density at radius 3 is 2.11 bits per heavy atom. The van der Waals surface area contributed by atoms with E-state index in [-0.39, 0.29) is 18.1 Å². The van der Waals surface area contributed by atoms with E-state index >= 15 is 0 Å². The van der Waals surface area contributed by atoms with Gasteiger partial charge in [-0.25, -0.2) is 4.79 Å².